The highest BCUT2D eigenvalue weighted by Crippen LogP contribution is 2.20. The number of carboxylic acid groups (broad SMARTS) is 1. The van der Waals surface area contributed by atoms with E-state index in [1.807, 2.05) is 22.9 Å². The predicted octanol–water partition coefficient (Wildman–Crippen LogP) is 2.64. The van der Waals surface area contributed by atoms with Crippen LogP contribution in [0.4, 0.5) is 0 Å². The number of carboxylic acids is 1. The fraction of sp³-hybridized carbons (Fsp3) is 0.231. The molecule has 0 fully saturated rings. The van der Waals surface area contributed by atoms with Gasteiger partial charge in [-0.3, -0.25) is 0 Å². The van der Waals surface area contributed by atoms with Gasteiger partial charge in [-0.2, -0.15) is 5.26 Å². The number of unbranched alkanes of at least 4 members (excludes halogenated alkanes) is 1. The molecule has 0 bridgehead atoms. The van der Waals surface area contributed by atoms with E-state index in [4.69, 9.17) is 10.4 Å². The van der Waals surface area contributed by atoms with Crippen molar-refractivity contribution in [1.29, 1.82) is 5.26 Å². The van der Waals surface area contributed by atoms with Gasteiger partial charge in [0, 0.05) is 30.1 Å². The Morgan fingerprint density at radius 2 is 2.24 bits per heavy atom. The topological polar surface area (TPSA) is 66.0 Å². The molecule has 0 aliphatic rings. The molecule has 0 spiro atoms. The molecule has 1 aromatic heterocycles. The van der Waals surface area contributed by atoms with Gasteiger partial charge < -0.3 is 9.67 Å². The number of nitriles is 1. The lowest BCUT2D eigenvalue weighted by Crippen LogP contribution is -1.98. The summed E-state index contributed by atoms with van der Waals surface area (Å²) in [5.41, 5.74) is 1.23. The van der Waals surface area contributed by atoms with Crippen LogP contribution in [0.2, 0.25) is 0 Å². The average Bonchev–Trinajstić information content (AvgIpc) is 2.72. The maximum absolute atomic E-state index is 11.0. The molecule has 86 valence electrons. The number of benzene rings is 1. The highest BCUT2D eigenvalue weighted by molar-refractivity contribution is 6.02. The third kappa shape index (κ3) is 2.13. The van der Waals surface area contributed by atoms with E-state index in [9.17, 15) is 4.79 Å². The standard InChI is InChI=1S/C13H12N2O2/c14-7-1-2-8-15-9-6-10-11(13(16)17)4-3-5-12(10)15/h3-6,9H,1-2,8H2,(H,16,17). The van der Waals surface area contributed by atoms with Crippen molar-refractivity contribution in [3.8, 4) is 6.07 Å². The van der Waals surface area contributed by atoms with E-state index >= 15 is 0 Å². The van der Waals surface area contributed by atoms with Crippen molar-refractivity contribution in [1.82, 2.24) is 4.57 Å². The number of fused-ring (bicyclic) bond motifs is 1. The van der Waals surface area contributed by atoms with Crippen LogP contribution in [-0.2, 0) is 6.54 Å². The first kappa shape index (κ1) is 11.2. The zero-order chi connectivity index (χ0) is 12.3. The maximum Gasteiger partial charge on any atom is 0.336 e. The molecule has 1 N–H and O–H groups in total. The summed E-state index contributed by atoms with van der Waals surface area (Å²) in [7, 11) is 0. The Balaban J connectivity index is 2.38. The summed E-state index contributed by atoms with van der Waals surface area (Å²) in [4.78, 5) is 11.0. The number of carbonyl (C=O) groups is 1. The zero-order valence-electron chi connectivity index (χ0n) is 9.26. The zero-order valence-corrected chi connectivity index (χ0v) is 9.26. The average molecular weight is 228 g/mol. The first-order valence-corrected chi connectivity index (χ1v) is 5.42. The van der Waals surface area contributed by atoms with Gasteiger partial charge in [-0.05, 0) is 24.6 Å². The summed E-state index contributed by atoms with van der Waals surface area (Å²) in [6.45, 7) is 0.736. The lowest BCUT2D eigenvalue weighted by molar-refractivity contribution is 0.0699. The van der Waals surface area contributed by atoms with Crippen LogP contribution < -0.4 is 0 Å². The summed E-state index contributed by atoms with van der Waals surface area (Å²) in [6, 6.07) is 9.15. The Labute approximate surface area is 98.7 Å². The Hall–Kier alpha value is -2.28. The van der Waals surface area contributed by atoms with Crippen molar-refractivity contribution in [3.05, 3.63) is 36.0 Å². The van der Waals surface area contributed by atoms with Crippen LogP contribution in [0.25, 0.3) is 10.9 Å². The maximum atomic E-state index is 11.0. The molecule has 0 radical (unpaired) electrons. The number of aromatic carboxylic acids is 1. The summed E-state index contributed by atoms with van der Waals surface area (Å²) in [6.07, 6.45) is 3.16. The minimum Gasteiger partial charge on any atom is -0.478 e. The van der Waals surface area contributed by atoms with Gasteiger partial charge in [0.15, 0.2) is 0 Å². The minimum atomic E-state index is -0.912. The molecule has 1 aromatic carbocycles. The number of nitrogens with zero attached hydrogens (tertiary/aromatic N) is 2. The Bertz CT molecular complexity index is 593. The number of aryl methyl sites for hydroxylation is 1. The molecule has 0 saturated carbocycles. The predicted molar refractivity (Wildman–Crippen MR) is 63.7 cm³/mol. The summed E-state index contributed by atoms with van der Waals surface area (Å²) in [5.74, 6) is -0.912. The largest absolute Gasteiger partial charge is 0.478 e. The van der Waals surface area contributed by atoms with Crippen molar-refractivity contribution >= 4 is 16.9 Å². The van der Waals surface area contributed by atoms with Gasteiger partial charge in [-0.25, -0.2) is 4.79 Å². The highest BCUT2D eigenvalue weighted by atomic mass is 16.4. The van der Waals surface area contributed by atoms with Crippen molar-refractivity contribution in [2.75, 3.05) is 0 Å². The summed E-state index contributed by atoms with van der Waals surface area (Å²) >= 11 is 0. The van der Waals surface area contributed by atoms with Gasteiger partial charge in [0.1, 0.15) is 0 Å². The van der Waals surface area contributed by atoms with Crippen molar-refractivity contribution in [2.24, 2.45) is 0 Å². The van der Waals surface area contributed by atoms with Gasteiger partial charge in [-0.15, -0.1) is 0 Å². The number of hydrogen-bond donors (Lipinski definition) is 1. The smallest absolute Gasteiger partial charge is 0.336 e. The lowest BCUT2D eigenvalue weighted by atomic mass is 10.1. The molecule has 2 aromatic rings. The van der Waals surface area contributed by atoms with Crippen LogP contribution in [0, 0.1) is 11.3 Å². The van der Waals surface area contributed by atoms with E-state index in [-0.39, 0.29) is 0 Å². The Kier molecular flexibility index (Phi) is 3.10. The van der Waals surface area contributed by atoms with E-state index < -0.39 is 5.97 Å². The van der Waals surface area contributed by atoms with Gasteiger partial charge in [0.25, 0.3) is 0 Å². The number of aromatic nitrogens is 1. The Morgan fingerprint density at radius 1 is 1.41 bits per heavy atom. The second kappa shape index (κ2) is 4.71. The molecular weight excluding hydrogens is 216 g/mol. The lowest BCUT2D eigenvalue weighted by Gasteiger charge is -2.04. The summed E-state index contributed by atoms with van der Waals surface area (Å²) in [5, 5.41) is 18.3. The molecule has 2 rings (SSSR count). The number of hydrogen-bond acceptors (Lipinski definition) is 2. The molecule has 0 aliphatic carbocycles. The van der Waals surface area contributed by atoms with Crippen LogP contribution in [0.5, 0.6) is 0 Å². The van der Waals surface area contributed by atoms with E-state index in [1.54, 1.807) is 12.1 Å². The molecule has 0 saturated heterocycles. The molecular formula is C13H12N2O2. The summed E-state index contributed by atoms with van der Waals surface area (Å²) < 4.78 is 1.99. The molecule has 0 unspecified atom stereocenters. The van der Waals surface area contributed by atoms with Crippen molar-refractivity contribution in [3.63, 3.8) is 0 Å². The molecule has 4 nitrogen and oxygen atoms in total. The fourth-order valence-electron chi connectivity index (χ4n) is 1.93. The monoisotopic (exact) mass is 228 g/mol. The van der Waals surface area contributed by atoms with Crippen LogP contribution >= 0.6 is 0 Å². The van der Waals surface area contributed by atoms with E-state index in [2.05, 4.69) is 6.07 Å². The van der Waals surface area contributed by atoms with E-state index in [0.29, 0.717) is 12.0 Å². The Morgan fingerprint density at radius 3 is 2.94 bits per heavy atom. The van der Waals surface area contributed by atoms with Gasteiger partial charge in [0.2, 0.25) is 0 Å². The molecule has 4 heteroatoms. The van der Waals surface area contributed by atoms with Crippen LogP contribution in [0.15, 0.2) is 30.5 Å². The van der Waals surface area contributed by atoms with Crippen LogP contribution in [-0.4, -0.2) is 15.6 Å². The third-order valence-electron chi connectivity index (χ3n) is 2.73. The molecule has 1 heterocycles. The van der Waals surface area contributed by atoms with Gasteiger partial charge in [-0.1, -0.05) is 6.07 Å². The van der Waals surface area contributed by atoms with Crippen molar-refractivity contribution < 1.29 is 9.90 Å². The van der Waals surface area contributed by atoms with Crippen LogP contribution in [0.1, 0.15) is 23.2 Å². The van der Waals surface area contributed by atoms with Gasteiger partial charge in [0.05, 0.1) is 11.6 Å². The highest BCUT2D eigenvalue weighted by Gasteiger charge is 2.10. The fourth-order valence-corrected chi connectivity index (χ4v) is 1.93. The molecule has 0 aliphatic heterocycles. The first-order chi connectivity index (χ1) is 8.24. The second-order valence-electron chi connectivity index (χ2n) is 3.81. The molecule has 0 atom stereocenters. The van der Waals surface area contributed by atoms with E-state index in [0.717, 1.165) is 23.9 Å². The van der Waals surface area contributed by atoms with Gasteiger partial charge >= 0.3 is 5.97 Å². The quantitative estimate of drug-likeness (QED) is 0.818. The van der Waals surface area contributed by atoms with Crippen molar-refractivity contribution in [2.45, 2.75) is 19.4 Å². The van der Waals surface area contributed by atoms with E-state index in [1.165, 1.54) is 0 Å². The molecule has 17 heavy (non-hydrogen) atoms. The number of rotatable bonds is 4. The minimum absolute atomic E-state index is 0.321. The molecule has 0 amide bonds. The first-order valence-electron chi connectivity index (χ1n) is 5.42. The SMILES string of the molecule is N#CCCCn1ccc2c(C(=O)O)cccc21. The van der Waals surface area contributed by atoms with Crippen LogP contribution in [0.3, 0.4) is 0 Å². The second-order valence-corrected chi connectivity index (χ2v) is 3.81. The third-order valence-corrected chi connectivity index (χ3v) is 2.73. The normalized spacial score (nSPS) is 10.3.